The molecule has 1 amide bonds. The summed E-state index contributed by atoms with van der Waals surface area (Å²) in [7, 11) is -4.48. The summed E-state index contributed by atoms with van der Waals surface area (Å²) in [5.74, 6) is -1.44. The van der Waals surface area contributed by atoms with Crippen molar-refractivity contribution in [3.8, 4) is 0 Å². The highest BCUT2D eigenvalue weighted by Gasteiger charge is 2.34. The van der Waals surface area contributed by atoms with E-state index in [1.165, 1.54) is 6.20 Å². The molecule has 1 heterocycles. The normalized spacial score (nSPS) is 19.4. The summed E-state index contributed by atoms with van der Waals surface area (Å²) in [6.45, 7) is 12.0. The van der Waals surface area contributed by atoms with Crippen LogP contribution in [0.1, 0.15) is 48.0 Å². The Balaban J connectivity index is 2.92. The molecular weight excluding hydrogens is 416 g/mol. The minimum Gasteiger partial charge on any atom is -0.481 e. The molecule has 0 bridgehead atoms. The molecule has 30 heavy (non-hydrogen) atoms. The van der Waals surface area contributed by atoms with Crippen LogP contribution in [0.3, 0.4) is 0 Å². The van der Waals surface area contributed by atoms with Gasteiger partial charge in [0.25, 0.3) is 5.12 Å². The van der Waals surface area contributed by atoms with E-state index in [9.17, 15) is 22.8 Å². The van der Waals surface area contributed by atoms with Crippen LogP contribution in [-0.4, -0.2) is 73.0 Å². The fourth-order valence-electron chi connectivity index (χ4n) is 2.58. The molecule has 10 nitrogen and oxygen atoms in total. The molecule has 0 saturated carbocycles. The Kier molecular flexibility index (Phi) is 8.44. The number of ether oxygens (including phenoxy) is 2. The van der Waals surface area contributed by atoms with Gasteiger partial charge in [0, 0.05) is 19.3 Å². The third-order valence-corrected chi connectivity index (χ3v) is 5.47. The predicted octanol–water partition coefficient (Wildman–Crippen LogP) is 1.51. The first-order valence-corrected chi connectivity index (χ1v) is 11.1. The van der Waals surface area contributed by atoms with Gasteiger partial charge >= 0.3 is 12.1 Å². The van der Waals surface area contributed by atoms with Gasteiger partial charge in [-0.2, -0.15) is 0 Å². The highest BCUT2D eigenvalue weighted by molar-refractivity contribution is 8.08. The van der Waals surface area contributed by atoms with Gasteiger partial charge < -0.3 is 24.8 Å². The fraction of sp³-hybridized carbons (Fsp3) is 0.737. The molecule has 0 radical (unpaired) electrons. The van der Waals surface area contributed by atoms with Gasteiger partial charge in [-0.1, -0.05) is 20.8 Å². The first-order chi connectivity index (χ1) is 13.5. The molecule has 1 fully saturated rings. The number of carboxylic acids is 1. The van der Waals surface area contributed by atoms with Gasteiger partial charge in [0.05, 0.1) is 24.5 Å². The number of carbonyl (C=O) groups excluding carboxylic acids is 2. The van der Waals surface area contributed by atoms with Gasteiger partial charge in [-0.3, -0.25) is 9.59 Å². The third-order valence-electron chi connectivity index (χ3n) is 4.15. The lowest BCUT2D eigenvalue weighted by Crippen LogP contribution is -2.47. The first-order valence-electron chi connectivity index (χ1n) is 9.55. The SMILES string of the molecule is CC(C)(C)OC(=O)N[C@@H](CC(=O)O)C(=O)S(=O)(=O)C=CN1CCOC(C(C)(C)C)C1. The van der Waals surface area contributed by atoms with Crippen molar-refractivity contribution in [3.05, 3.63) is 11.6 Å². The molecule has 0 aromatic carbocycles. The number of amides is 1. The molecule has 2 atom stereocenters. The monoisotopic (exact) mass is 448 g/mol. The zero-order valence-corrected chi connectivity index (χ0v) is 19.1. The minimum absolute atomic E-state index is 0.122. The molecule has 2 N–H and O–H groups in total. The zero-order valence-electron chi connectivity index (χ0n) is 18.3. The maximum atomic E-state index is 12.5. The van der Waals surface area contributed by atoms with Crippen molar-refractivity contribution >= 4 is 27.0 Å². The van der Waals surface area contributed by atoms with Crippen molar-refractivity contribution in [2.45, 2.75) is 65.7 Å². The number of rotatable bonds is 6. The number of nitrogens with one attached hydrogen (secondary N) is 1. The van der Waals surface area contributed by atoms with E-state index in [2.05, 4.69) is 0 Å². The second-order valence-electron chi connectivity index (χ2n) is 9.17. The van der Waals surface area contributed by atoms with Crippen molar-refractivity contribution in [3.63, 3.8) is 0 Å². The van der Waals surface area contributed by atoms with Crippen LogP contribution in [0.4, 0.5) is 4.79 Å². The largest absolute Gasteiger partial charge is 0.481 e. The van der Waals surface area contributed by atoms with Crippen LogP contribution >= 0.6 is 0 Å². The number of carbonyl (C=O) groups is 3. The first kappa shape index (κ1) is 25.9. The molecular formula is C19H32N2O8S. The Morgan fingerprint density at radius 3 is 2.33 bits per heavy atom. The van der Waals surface area contributed by atoms with Gasteiger partial charge in [-0.25, -0.2) is 13.2 Å². The average molecular weight is 449 g/mol. The van der Waals surface area contributed by atoms with E-state index in [1.807, 2.05) is 26.1 Å². The second-order valence-corrected chi connectivity index (χ2v) is 10.9. The molecule has 11 heteroatoms. The average Bonchev–Trinajstić information content (AvgIpc) is 2.56. The summed E-state index contributed by atoms with van der Waals surface area (Å²) >= 11 is 0. The van der Waals surface area contributed by atoms with Crippen molar-refractivity contribution in [2.24, 2.45) is 5.41 Å². The van der Waals surface area contributed by atoms with Gasteiger partial charge in [0.1, 0.15) is 11.6 Å². The Morgan fingerprint density at radius 1 is 1.23 bits per heavy atom. The van der Waals surface area contributed by atoms with E-state index in [4.69, 9.17) is 14.6 Å². The van der Waals surface area contributed by atoms with Crippen LogP contribution in [0.25, 0.3) is 0 Å². The maximum absolute atomic E-state index is 12.5. The smallest absolute Gasteiger partial charge is 0.408 e. The van der Waals surface area contributed by atoms with Crippen LogP contribution in [-0.2, 0) is 28.9 Å². The number of hydrogen-bond acceptors (Lipinski definition) is 8. The second kappa shape index (κ2) is 9.78. The van der Waals surface area contributed by atoms with Gasteiger partial charge in [0.2, 0.25) is 9.84 Å². The van der Waals surface area contributed by atoms with Crippen molar-refractivity contribution in [2.75, 3.05) is 19.7 Å². The number of alkyl carbamates (subject to hydrolysis) is 1. The molecule has 0 spiro atoms. The van der Waals surface area contributed by atoms with E-state index >= 15 is 0 Å². The highest BCUT2D eigenvalue weighted by atomic mass is 32.2. The molecule has 1 rings (SSSR count). The Hall–Kier alpha value is -2.14. The molecule has 0 aromatic rings. The van der Waals surface area contributed by atoms with E-state index in [1.54, 1.807) is 25.7 Å². The lowest BCUT2D eigenvalue weighted by molar-refractivity contribution is -0.138. The zero-order chi connectivity index (χ0) is 23.3. The standard InChI is InChI=1S/C19H32N2O8S/c1-18(2,3)14-12-21(7-9-28-14)8-10-30(26,27)16(24)13(11-15(22)23)20-17(25)29-19(4,5)6/h8,10,13-14H,7,9,11-12H2,1-6H3,(H,20,25)(H,22,23)/t13-,14?/m0/s1. The molecule has 1 saturated heterocycles. The van der Waals surface area contributed by atoms with Crippen LogP contribution in [0.15, 0.2) is 11.6 Å². The molecule has 1 aliphatic heterocycles. The predicted molar refractivity (Wildman–Crippen MR) is 109 cm³/mol. The molecule has 1 aliphatic rings. The number of morpholine rings is 1. The number of hydrogen-bond donors (Lipinski definition) is 2. The lowest BCUT2D eigenvalue weighted by Gasteiger charge is -2.39. The van der Waals surface area contributed by atoms with E-state index < -0.39 is 45.1 Å². The van der Waals surface area contributed by atoms with Crippen LogP contribution in [0.2, 0.25) is 0 Å². The van der Waals surface area contributed by atoms with Crippen LogP contribution < -0.4 is 5.32 Å². The van der Waals surface area contributed by atoms with Gasteiger partial charge in [-0.15, -0.1) is 0 Å². The Labute approximate surface area is 177 Å². The topological polar surface area (TPSA) is 139 Å². The maximum Gasteiger partial charge on any atom is 0.408 e. The van der Waals surface area contributed by atoms with E-state index in [0.717, 1.165) is 5.41 Å². The Bertz CT molecular complexity index is 777. The lowest BCUT2D eigenvalue weighted by atomic mass is 9.88. The number of carboxylic acid groups (broad SMARTS) is 1. The molecule has 1 unspecified atom stereocenters. The van der Waals surface area contributed by atoms with Gasteiger partial charge in [-0.05, 0) is 26.2 Å². The number of sulfone groups is 1. The summed E-state index contributed by atoms with van der Waals surface area (Å²) in [6.07, 6.45) is -0.820. The van der Waals surface area contributed by atoms with Crippen molar-refractivity contribution < 1.29 is 37.4 Å². The quantitative estimate of drug-likeness (QED) is 0.619. The third kappa shape index (κ3) is 8.70. The van der Waals surface area contributed by atoms with Crippen molar-refractivity contribution in [1.82, 2.24) is 10.2 Å². The summed E-state index contributed by atoms with van der Waals surface area (Å²) in [4.78, 5) is 37.2. The van der Waals surface area contributed by atoms with Crippen LogP contribution in [0, 0.1) is 5.41 Å². The highest BCUT2D eigenvalue weighted by Crippen LogP contribution is 2.25. The number of nitrogens with zero attached hydrogens (tertiary/aromatic N) is 1. The number of aliphatic carboxylic acids is 1. The van der Waals surface area contributed by atoms with Crippen LogP contribution in [0.5, 0.6) is 0 Å². The summed E-state index contributed by atoms with van der Waals surface area (Å²) < 4.78 is 35.6. The summed E-state index contributed by atoms with van der Waals surface area (Å²) in [5.41, 5.74) is -1.05. The van der Waals surface area contributed by atoms with E-state index in [-0.39, 0.29) is 11.5 Å². The van der Waals surface area contributed by atoms with E-state index in [0.29, 0.717) is 19.7 Å². The minimum atomic E-state index is -4.48. The van der Waals surface area contributed by atoms with Crippen molar-refractivity contribution in [1.29, 1.82) is 0 Å². The summed E-state index contributed by atoms with van der Waals surface area (Å²) in [5, 5.41) is 10.3. The van der Waals surface area contributed by atoms with Gasteiger partial charge in [0.15, 0.2) is 0 Å². The molecule has 0 aliphatic carbocycles. The molecule has 172 valence electrons. The summed E-state index contributed by atoms with van der Waals surface area (Å²) in [6, 6.07) is -1.78. The molecule has 0 aromatic heterocycles. The Morgan fingerprint density at radius 2 is 1.83 bits per heavy atom. The fourth-order valence-corrected chi connectivity index (χ4v) is 3.58.